The molecule has 2 aromatic rings. The van der Waals surface area contributed by atoms with E-state index in [1.807, 2.05) is 33.0 Å². The van der Waals surface area contributed by atoms with Gasteiger partial charge < -0.3 is 4.74 Å². The van der Waals surface area contributed by atoms with Crippen molar-refractivity contribution in [2.45, 2.75) is 77.1 Å². The van der Waals surface area contributed by atoms with Crippen molar-refractivity contribution in [2.75, 3.05) is 11.4 Å². The Labute approximate surface area is 180 Å². The molecule has 5 nitrogen and oxygen atoms in total. The van der Waals surface area contributed by atoms with E-state index in [0.29, 0.717) is 11.9 Å². The van der Waals surface area contributed by atoms with Crippen LogP contribution in [0.5, 0.6) is 0 Å². The van der Waals surface area contributed by atoms with Crippen LogP contribution >= 0.6 is 0 Å². The smallest absolute Gasteiger partial charge is 0.416 e. The van der Waals surface area contributed by atoms with Gasteiger partial charge in [0.25, 0.3) is 0 Å². The Morgan fingerprint density at radius 1 is 1.10 bits per heavy atom. The highest BCUT2D eigenvalue weighted by molar-refractivity contribution is 5.87. The lowest BCUT2D eigenvalue weighted by Crippen LogP contribution is -2.47. The molecule has 160 valence electrons. The van der Waals surface area contributed by atoms with Crippen molar-refractivity contribution in [2.24, 2.45) is 0 Å². The number of rotatable bonds is 5. The predicted octanol–water partition coefficient (Wildman–Crippen LogP) is 5.71. The maximum absolute atomic E-state index is 12.8. The van der Waals surface area contributed by atoms with E-state index in [2.05, 4.69) is 41.3 Å². The Morgan fingerprint density at radius 3 is 2.47 bits per heavy atom. The van der Waals surface area contributed by atoms with Crippen molar-refractivity contribution in [3.63, 3.8) is 0 Å². The number of anilines is 1. The third-order valence-corrected chi connectivity index (χ3v) is 6.02. The second kappa shape index (κ2) is 8.76. The Morgan fingerprint density at radius 2 is 1.87 bits per heavy atom. The average molecular weight is 408 g/mol. The zero-order chi connectivity index (χ0) is 21.1. The first-order valence-corrected chi connectivity index (χ1v) is 11.2. The van der Waals surface area contributed by atoms with Crippen LogP contribution in [0.1, 0.15) is 70.0 Å². The van der Waals surface area contributed by atoms with Gasteiger partial charge >= 0.3 is 6.09 Å². The molecule has 1 saturated heterocycles. The summed E-state index contributed by atoms with van der Waals surface area (Å²) in [5, 5.41) is 0. The summed E-state index contributed by atoms with van der Waals surface area (Å²) < 4.78 is 5.66. The summed E-state index contributed by atoms with van der Waals surface area (Å²) in [6, 6.07) is 15.4. The second-order valence-corrected chi connectivity index (χ2v) is 9.50. The molecule has 1 aromatic heterocycles. The van der Waals surface area contributed by atoms with E-state index in [1.165, 1.54) is 17.5 Å². The summed E-state index contributed by atoms with van der Waals surface area (Å²) >= 11 is 0. The molecule has 1 unspecified atom stereocenters. The molecular weight excluding hydrogens is 374 g/mol. The molecule has 2 heterocycles. The number of ether oxygens (including phenoxy) is 1. The van der Waals surface area contributed by atoms with Crippen LogP contribution < -0.4 is 4.90 Å². The van der Waals surface area contributed by atoms with Crippen LogP contribution in [0.2, 0.25) is 0 Å². The first-order valence-electron chi connectivity index (χ1n) is 11.2. The van der Waals surface area contributed by atoms with Gasteiger partial charge in [-0.25, -0.2) is 9.78 Å². The molecule has 1 atom stereocenters. The molecular formula is C25H33N3O2. The lowest BCUT2D eigenvalue weighted by Gasteiger charge is -2.37. The Bertz CT molecular complexity index is 841. The number of pyridine rings is 1. The van der Waals surface area contributed by atoms with Gasteiger partial charge in [-0.2, -0.15) is 0 Å². The zero-order valence-corrected chi connectivity index (χ0v) is 18.4. The molecule has 1 saturated carbocycles. The quantitative estimate of drug-likeness (QED) is 0.637. The van der Waals surface area contributed by atoms with E-state index in [4.69, 9.17) is 9.72 Å². The largest absolute Gasteiger partial charge is 0.443 e. The molecule has 1 aliphatic carbocycles. The normalized spacial score (nSPS) is 20.0. The molecule has 5 heteroatoms. The van der Waals surface area contributed by atoms with Crippen LogP contribution in [-0.4, -0.2) is 34.2 Å². The summed E-state index contributed by atoms with van der Waals surface area (Å²) in [5.74, 6) is 0.699. The molecule has 30 heavy (non-hydrogen) atoms. The lowest BCUT2D eigenvalue weighted by atomic mass is 9.91. The van der Waals surface area contributed by atoms with Gasteiger partial charge in [0.1, 0.15) is 11.4 Å². The van der Waals surface area contributed by atoms with E-state index in [0.717, 1.165) is 38.8 Å². The number of likely N-dealkylation sites (tertiary alicyclic amines) is 1. The van der Waals surface area contributed by atoms with Crippen molar-refractivity contribution in [3.8, 4) is 0 Å². The minimum Gasteiger partial charge on any atom is -0.443 e. The Hall–Kier alpha value is -2.40. The Kier molecular flexibility index (Phi) is 6.09. The average Bonchev–Trinajstić information content (AvgIpc) is 3.12. The first kappa shape index (κ1) is 20.9. The van der Waals surface area contributed by atoms with Crippen molar-refractivity contribution >= 4 is 11.9 Å². The fraction of sp³-hybridized carbons (Fsp3) is 0.520. The number of amides is 1. The maximum Gasteiger partial charge on any atom is 0.416 e. The van der Waals surface area contributed by atoms with E-state index in [9.17, 15) is 4.79 Å². The van der Waals surface area contributed by atoms with E-state index < -0.39 is 5.60 Å². The summed E-state index contributed by atoms with van der Waals surface area (Å²) in [6.07, 6.45) is 7.18. The zero-order valence-electron chi connectivity index (χ0n) is 18.4. The highest BCUT2D eigenvalue weighted by Crippen LogP contribution is 2.35. The van der Waals surface area contributed by atoms with Crippen LogP contribution in [-0.2, 0) is 11.3 Å². The number of benzene rings is 1. The van der Waals surface area contributed by atoms with Crippen molar-refractivity contribution in [3.05, 3.63) is 59.8 Å². The molecule has 2 aliphatic rings. The van der Waals surface area contributed by atoms with Gasteiger partial charge in [-0.05, 0) is 76.6 Å². The number of aromatic nitrogens is 1. The highest BCUT2D eigenvalue weighted by Gasteiger charge is 2.34. The van der Waals surface area contributed by atoms with Crippen molar-refractivity contribution in [1.82, 2.24) is 9.88 Å². The molecule has 1 aliphatic heterocycles. The SMILES string of the molecule is CC(C)(C)OC(=O)N(c1ccc(C2CCCN2Cc2ccccc2)cn1)C1CCC1. The first-order chi connectivity index (χ1) is 14.4. The van der Waals surface area contributed by atoms with Crippen molar-refractivity contribution in [1.29, 1.82) is 0 Å². The summed E-state index contributed by atoms with van der Waals surface area (Å²) in [7, 11) is 0. The fourth-order valence-electron chi connectivity index (χ4n) is 4.33. The van der Waals surface area contributed by atoms with Crippen LogP contribution in [0.25, 0.3) is 0 Å². The third-order valence-electron chi connectivity index (χ3n) is 6.02. The van der Waals surface area contributed by atoms with Crippen LogP contribution in [0, 0.1) is 0 Å². The molecule has 0 bridgehead atoms. The van der Waals surface area contributed by atoms with Gasteiger partial charge in [0, 0.05) is 24.8 Å². The van der Waals surface area contributed by atoms with Gasteiger partial charge in [-0.3, -0.25) is 9.80 Å². The minimum absolute atomic E-state index is 0.194. The molecule has 2 fully saturated rings. The molecule has 4 rings (SSSR count). The third kappa shape index (κ3) is 4.84. The minimum atomic E-state index is -0.513. The highest BCUT2D eigenvalue weighted by atomic mass is 16.6. The molecule has 1 aromatic carbocycles. The Balaban J connectivity index is 1.49. The van der Waals surface area contributed by atoms with E-state index >= 15 is 0 Å². The number of hydrogen-bond acceptors (Lipinski definition) is 4. The van der Waals surface area contributed by atoms with Gasteiger partial charge in [0.2, 0.25) is 0 Å². The van der Waals surface area contributed by atoms with Gasteiger partial charge in [0.05, 0.1) is 0 Å². The maximum atomic E-state index is 12.8. The van der Waals surface area contributed by atoms with Crippen LogP contribution in [0.3, 0.4) is 0 Å². The van der Waals surface area contributed by atoms with E-state index in [1.54, 1.807) is 4.90 Å². The number of carbonyl (C=O) groups excluding carboxylic acids is 1. The number of hydrogen-bond donors (Lipinski definition) is 0. The summed E-state index contributed by atoms with van der Waals surface area (Å²) in [4.78, 5) is 21.9. The van der Waals surface area contributed by atoms with E-state index in [-0.39, 0.29) is 12.1 Å². The van der Waals surface area contributed by atoms with Crippen LogP contribution in [0.15, 0.2) is 48.7 Å². The molecule has 0 N–H and O–H groups in total. The van der Waals surface area contributed by atoms with Crippen molar-refractivity contribution < 1.29 is 9.53 Å². The topological polar surface area (TPSA) is 45.7 Å². The number of carbonyl (C=O) groups is 1. The van der Waals surface area contributed by atoms with Gasteiger partial charge in [-0.1, -0.05) is 36.4 Å². The molecule has 0 radical (unpaired) electrons. The molecule has 1 amide bonds. The molecule has 0 spiro atoms. The monoisotopic (exact) mass is 407 g/mol. The number of nitrogens with zero attached hydrogens (tertiary/aromatic N) is 3. The van der Waals surface area contributed by atoms with Crippen LogP contribution in [0.4, 0.5) is 10.6 Å². The second-order valence-electron chi connectivity index (χ2n) is 9.50. The van der Waals surface area contributed by atoms with Gasteiger partial charge in [-0.15, -0.1) is 0 Å². The predicted molar refractivity (Wildman–Crippen MR) is 119 cm³/mol. The summed E-state index contributed by atoms with van der Waals surface area (Å²) in [5.41, 5.74) is 2.06. The standard InChI is InChI=1S/C25H33N3O2/c1-25(2,3)30-24(29)28(21-11-7-12-21)23-15-14-20(17-26-23)22-13-8-16-27(22)18-19-9-5-4-6-10-19/h4-6,9-10,14-15,17,21-22H,7-8,11-13,16,18H2,1-3H3. The summed E-state index contributed by atoms with van der Waals surface area (Å²) in [6.45, 7) is 7.78. The fourth-order valence-corrected chi connectivity index (χ4v) is 4.33. The van der Waals surface area contributed by atoms with Gasteiger partial charge in [0.15, 0.2) is 0 Å². The lowest BCUT2D eigenvalue weighted by molar-refractivity contribution is 0.0548.